The SMILES string of the molecule is C=C.CC.CC(C)CCCCC1CCC2C3CC=C4CC(O)CCC4(C)C3CCC12C. The van der Waals surface area contributed by atoms with Gasteiger partial charge in [-0.1, -0.05) is 72.5 Å². The van der Waals surface area contributed by atoms with Crippen molar-refractivity contribution in [1.29, 1.82) is 0 Å². The third kappa shape index (κ3) is 5.34. The summed E-state index contributed by atoms with van der Waals surface area (Å²) >= 11 is 0. The summed E-state index contributed by atoms with van der Waals surface area (Å²) in [4.78, 5) is 0. The molecule has 7 unspecified atom stereocenters. The predicted octanol–water partition coefficient (Wildman–Crippen LogP) is 8.97. The molecule has 1 nitrogen and oxygen atoms in total. The van der Waals surface area contributed by atoms with E-state index in [0.717, 1.165) is 42.4 Å². The highest BCUT2D eigenvalue weighted by Crippen LogP contribution is 2.66. The predicted molar refractivity (Wildman–Crippen MR) is 137 cm³/mol. The molecule has 0 aliphatic heterocycles. The minimum absolute atomic E-state index is 0.0727. The smallest absolute Gasteiger partial charge is 0.0577 e. The summed E-state index contributed by atoms with van der Waals surface area (Å²) in [5.74, 6) is 4.64. The first-order valence-corrected chi connectivity index (χ1v) is 13.7. The number of aliphatic hydroxyl groups is 1. The van der Waals surface area contributed by atoms with Gasteiger partial charge in [0.15, 0.2) is 0 Å². The summed E-state index contributed by atoms with van der Waals surface area (Å²) in [5, 5.41) is 10.2. The summed E-state index contributed by atoms with van der Waals surface area (Å²) in [6, 6.07) is 0. The Labute approximate surface area is 195 Å². The van der Waals surface area contributed by atoms with Crippen LogP contribution in [0.4, 0.5) is 0 Å². The molecule has 7 atom stereocenters. The molecule has 0 heterocycles. The number of unbranched alkanes of at least 4 members (excludes halogenated alkanes) is 1. The Balaban J connectivity index is 0.000000807. The van der Waals surface area contributed by atoms with Gasteiger partial charge in [0.05, 0.1) is 6.10 Å². The fourth-order valence-corrected chi connectivity index (χ4v) is 8.17. The lowest BCUT2D eigenvalue weighted by atomic mass is 9.47. The van der Waals surface area contributed by atoms with Gasteiger partial charge in [0.25, 0.3) is 0 Å². The van der Waals surface area contributed by atoms with Gasteiger partial charge in [-0.3, -0.25) is 0 Å². The highest BCUT2D eigenvalue weighted by Gasteiger charge is 2.58. The molecule has 0 radical (unpaired) electrons. The van der Waals surface area contributed by atoms with Crippen molar-refractivity contribution in [2.24, 2.45) is 40.4 Å². The second-order valence-corrected chi connectivity index (χ2v) is 11.7. The largest absolute Gasteiger partial charge is 0.393 e. The molecule has 0 amide bonds. The topological polar surface area (TPSA) is 20.2 Å². The van der Waals surface area contributed by atoms with E-state index in [1.54, 1.807) is 5.57 Å². The molecular weight excluding hydrogens is 376 g/mol. The van der Waals surface area contributed by atoms with Crippen LogP contribution in [0.1, 0.15) is 119 Å². The van der Waals surface area contributed by atoms with E-state index in [4.69, 9.17) is 0 Å². The zero-order valence-corrected chi connectivity index (χ0v) is 21.9. The van der Waals surface area contributed by atoms with Crippen LogP contribution in [0.25, 0.3) is 0 Å². The second kappa shape index (κ2) is 11.5. The number of hydrogen-bond donors (Lipinski definition) is 1. The van der Waals surface area contributed by atoms with E-state index in [9.17, 15) is 5.11 Å². The summed E-state index contributed by atoms with van der Waals surface area (Å²) in [6.45, 7) is 20.0. The molecule has 4 rings (SSSR count). The van der Waals surface area contributed by atoms with Crippen LogP contribution in [-0.4, -0.2) is 11.2 Å². The highest BCUT2D eigenvalue weighted by atomic mass is 16.3. The molecule has 0 aromatic rings. The van der Waals surface area contributed by atoms with Crippen molar-refractivity contribution in [2.75, 3.05) is 0 Å². The van der Waals surface area contributed by atoms with Crippen molar-refractivity contribution in [2.45, 2.75) is 125 Å². The Bertz CT molecular complexity index is 577. The number of fused-ring (bicyclic) bond motifs is 5. The first-order valence-electron chi connectivity index (χ1n) is 13.7. The van der Waals surface area contributed by atoms with Crippen molar-refractivity contribution in [3.8, 4) is 0 Å². The Kier molecular flexibility index (Phi) is 9.93. The van der Waals surface area contributed by atoms with Crippen LogP contribution in [-0.2, 0) is 0 Å². The molecule has 4 aliphatic carbocycles. The molecule has 0 aromatic carbocycles. The first-order chi connectivity index (χ1) is 14.8. The second-order valence-electron chi connectivity index (χ2n) is 11.7. The normalized spacial score (nSPS) is 40.9. The van der Waals surface area contributed by atoms with E-state index in [-0.39, 0.29) is 6.10 Å². The Hall–Kier alpha value is -0.560. The molecule has 0 bridgehead atoms. The number of hydrogen-bond acceptors (Lipinski definition) is 1. The van der Waals surface area contributed by atoms with Crippen molar-refractivity contribution in [1.82, 2.24) is 0 Å². The molecular formula is C30H54O. The maximum absolute atomic E-state index is 10.2. The van der Waals surface area contributed by atoms with Crippen molar-refractivity contribution >= 4 is 0 Å². The Morgan fingerprint density at radius 3 is 2.39 bits per heavy atom. The van der Waals surface area contributed by atoms with Crippen LogP contribution < -0.4 is 0 Å². The zero-order valence-electron chi connectivity index (χ0n) is 21.9. The molecule has 4 aliphatic rings. The number of rotatable bonds is 5. The number of allylic oxidation sites excluding steroid dienone is 1. The average molecular weight is 431 g/mol. The fourth-order valence-electron chi connectivity index (χ4n) is 8.17. The van der Waals surface area contributed by atoms with Gasteiger partial charge < -0.3 is 5.11 Å². The van der Waals surface area contributed by atoms with Crippen molar-refractivity contribution in [3.05, 3.63) is 24.8 Å². The molecule has 1 heteroatoms. The van der Waals surface area contributed by atoms with E-state index in [0.29, 0.717) is 10.8 Å². The number of aliphatic hydroxyl groups excluding tert-OH is 1. The van der Waals surface area contributed by atoms with Crippen LogP contribution in [0.5, 0.6) is 0 Å². The van der Waals surface area contributed by atoms with Gasteiger partial charge in [-0.25, -0.2) is 0 Å². The van der Waals surface area contributed by atoms with Crippen LogP contribution in [0.15, 0.2) is 24.8 Å². The maximum atomic E-state index is 10.2. The van der Waals surface area contributed by atoms with Gasteiger partial charge >= 0.3 is 0 Å². The van der Waals surface area contributed by atoms with E-state index < -0.39 is 0 Å². The lowest BCUT2D eigenvalue weighted by Crippen LogP contribution is -2.50. The summed E-state index contributed by atoms with van der Waals surface area (Å²) in [6.07, 6.45) is 18.7. The van der Waals surface area contributed by atoms with Crippen LogP contribution in [0.3, 0.4) is 0 Å². The van der Waals surface area contributed by atoms with Gasteiger partial charge in [-0.2, -0.15) is 0 Å². The van der Waals surface area contributed by atoms with Gasteiger partial charge in [-0.15, -0.1) is 13.2 Å². The van der Waals surface area contributed by atoms with E-state index in [1.807, 2.05) is 13.8 Å². The maximum Gasteiger partial charge on any atom is 0.0577 e. The molecule has 0 saturated heterocycles. The monoisotopic (exact) mass is 430 g/mol. The van der Waals surface area contributed by atoms with Crippen LogP contribution in [0.2, 0.25) is 0 Å². The average Bonchev–Trinajstić information content (AvgIpc) is 3.11. The van der Waals surface area contributed by atoms with Gasteiger partial charge in [0, 0.05) is 0 Å². The molecule has 3 saturated carbocycles. The quantitative estimate of drug-likeness (QED) is 0.341. The standard InChI is InChI=1S/C26H44O.C2H6.C2H4/c1-18(2)7-5-6-8-19-10-12-23-22-11-9-20-17-21(27)13-15-26(20,4)24(22)14-16-25(19,23)3;2*1-2/h9,18-19,21-24,27H,5-8,10-17H2,1-4H3;1-2H3;1-2H2. The van der Waals surface area contributed by atoms with Gasteiger partial charge in [0.2, 0.25) is 0 Å². The van der Waals surface area contributed by atoms with Crippen LogP contribution >= 0.6 is 0 Å². The van der Waals surface area contributed by atoms with Gasteiger partial charge in [0.1, 0.15) is 0 Å². The van der Waals surface area contributed by atoms with Crippen LogP contribution in [0, 0.1) is 40.4 Å². The third-order valence-electron chi connectivity index (χ3n) is 9.86. The molecule has 31 heavy (non-hydrogen) atoms. The molecule has 3 fully saturated rings. The molecule has 1 N–H and O–H groups in total. The fraction of sp³-hybridized carbons (Fsp3) is 0.867. The summed E-state index contributed by atoms with van der Waals surface area (Å²) < 4.78 is 0. The summed E-state index contributed by atoms with van der Waals surface area (Å²) in [5.41, 5.74) is 2.64. The van der Waals surface area contributed by atoms with E-state index >= 15 is 0 Å². The third-order valence-corrected chi connectivity index (χ3v) is 9.86. The molecule has 0 aromatic heterocycles. The lowest BCUT2D eigenvalue weighted by Gasteiger charge is -2.58. The lowest BCUT2D eigenvalue weighted by molar-refractivity contribution is -0.0508. The summed E-state index contributed by atoms with van der Waals surface area (Å²) in [7, 11) is 0. The van der Waals surface area contributed by atoms with E-state index in [2.05, 4.69) is 46.9 Å². The Morgan fingerprint density at radius 2 is 1.71 bits per heavy atom. The van der Waals surface area contributed by atoms with Crippen molar-refractivity contribution in [3.63, 3.8) is 0 Å². The Morgan fingerprint density at radius 1 is 1.00 bits per heavy atom. The molecule has 180 valence electrons. The van der Waals surface area contributed by atoms with E-state index in [1.165, 1.54) is 64.2 Å². The molecule has 0 spiro atoms. The minimum atomic E-state index is -0.0727. The first kappa shape index (κ1) is 26.7. The minimum Gasteiger partial charge on any atom is -0.393 e. The van der Waals surface area contributed by atoms with Crippen molar-refractivity contribution < 1.29 is 5.11 Å². The van der Waals surface area contributed by atoms with Gasteiger partial charge in [-0.05, 0) is 98.2 Å². The zero-order chi connectivity index (χ0) is 23.2. The highest BCUT2D eigenvalue weighted by molar-refractivity contribution is 5.25.